The highest BCUT2D eigenvalue weighted by Crippen LogP contribution is 2.24. The van der Waals surface area contributed by atoms with Gasteiger partial charge in [-0.3, -0.25) is 9.69 Å². The minimum absolute atomic E-state index is 0.202. The topological polar surface area (TPSA) is 35.6 Å². The summed E-state index contributed by atoms with van der Waals surface area (Å²) in [7, 11) is 0. The molecular formula is C17H25N3O. The number of nitrogens with zero attached hydrogens (tertiary/aromatic N) is 2. The van der Waals surface area contributed by atoms with Crippen molar-refractivity contribution in [2.45, 2.75) is 32.7 Å². The van der Waals surface area contributed by atoms with Crippen molar-refractivity contribution in [1.29, 1.82) is 0 Å². The summed E-state index contributed by atoms with van der Waals surface area (Å²) in [6, 6.07) is 7.36. The van der Waals surface area contributed by atoms with Gasteiger partial charge < -0.3 is 10.2 Å². The third-order valence-corrected chi connectivity index (χ3v) is 4.79. The normalized spacial score (nSPS) is 20.0. The van der Waals surface area contributed by atoms with E-state index < -0.39 is 0 Å². The van der Waals surface area contributed by atoms with Crippen LogP contribution in [-0.4, -0.2) is 54.5 Å². The summed E-state index contributed by atoms with van der Waals surface area (Å²) in [5.74, 6) is 0.202. The molecule has 1 N–H and O–H groups in total. The maximum atomic E-state index is 11.4. The smallest absolute Gasteiger partial charge is 0.219 e. The van der Waals surface area contributed by atoms with Crippen LogP contribution in [0.15, 0.2) is 18.2 Å². The Morgan fingerprint density at radius 2 is 2.05 bits per heavy atom. The van der Waals surface area contributed by atoms with Gasteiger partial charge >= 0.3 is 0 Å². The molecular weight excluding hydrogens is 262 g/mol. The molecule has 2 aliphatic heterocycles. The number of amides is 1. The van der Waals surface area contributed by atoms with E-state index in [9.17, 15) is 4.79 Å². The van der Waals surface area contributed by atoms with E-state index in [2.05, 4.69) is 35.3 Å². The lowest BCUT2D eigenvalue weighted by atomic mass is 10.0. The predicted octanol–water partition coefficient (Wildman–Crippen LogP) is 1.75. The highest BCUT2D eigenvalue weighted by atomic mass is 16.2. The van der Waals surface area contributed by atoms with Gasteiger partial charge in [0.1, 0.15) is 0 Å². The molecule has 4 heteroatoms. The average molecular weight is 287 g/mol. The van der Waals surface area contributed by atoms with Gasteiger partial charge in [0.2, 0.25) is 5.91 Å². The van der Waals surface area contributed by atoms with E-state index in [1.54, 1.807) is 6.92 Å². The van der Waals surface area contributed by atoms with Gasteiger partial charge in [0.05, 0.1) is 0 Å². The first-order valence-corrected chi connectivity index (χ1v) is 7.99. The number of rotatable bonds is 3. The molecule has 1 aromatic carbocycles. The van der Waals surface area contributed by atoms with Crippen LogP contribution in [0, 0.1) is 0 Å². The number of piperazine rings is 1. The zero-order valence-corrected chi connectivity index (χ0v) is 13.1. The van der Waals surface area contributed by atoms with Crippen molar-refractivity contribution in [3.05, 3.63) is 29.3 Å². The first-order chi connectivity index (χ1) is 10.1. The van der Waals surface area contributed by atoms with Gasteiger partial charge in [-0.2, -0.15) is 0 Å². The molecule has 1 unspecified atom stereocenters. The Bertz CT molecular complexity index is 521. The summed E-state index contributed by atoms with van der Waals surface area (Å²) >= 11 is 0. The maximum absolute atomic E-state index is 11.4. The third kappa shape index (κ3) is 3.21. The summed E-state index contributed by atoms with van der Waals surface area (Å²) in [6.45, 7) is 8.76. The Morgan fingerprint density at radius 3 is 2.76 bits per heavy atom. The SMILES string of the molecule is CC(=O)N1CCN(C(C)Cc2ccc3c(c2)CCN3)CC1. The summed E-state index contributed by atoms with van der Waals surface area (Å²) in [5.41, 5.74) is 4.20. The fourth-order valence-electron chi connectivity index (χ4n) is 3.43. The molecule has 1 aromatic rings. The largest absolute Gasteiger partial charge is 0.384 e. The molecule has 21 heavy (non-hydrogen) atoms. The minimum atomic E-state index is 0.202. The summed E-state index contributed by atoms with van der Waals surface area (Å²) in [5, 5.41) is 3.41. The second kappa shape index (κ2) is 6.06. The van der Waals surface area contributed by atoms with Crippen LogP contribution in [0.25, 0.3) is 0 Å². The van der Waals surface area contributed by atoms with E-state index in [1.807, 2.05) is 4.90 Å². The Morgan fingerprint density at radius 1 is 1.29 bits per heavy atom. The van der Waals surface area contributed by atoms with Crippen LogP contribution >= 0.6 is 0 Å². The number of anilines is 1. The molecule has 1 amide bonds. The van der Waals surface area contributed by atoms with E-state index >= 15 is 0 Å². The Balaban J connectivity index is 1.57. The van der Waals surface area contributed by atoms with Gasteiger partial charge in [0.25, 0.3) is 0 Å². The standard InChI is InChI=1S/C17H25N3O/c1-13(19-7-9-20(10-8-19)14(2)21)11-15-3-4-17-16(12-15)5-6-18-17/h3-4,12-13,18H,5-11H2,1-2H3. The van der Waals surface area contributed by atoms with E-state index in [4.69, 9.17) is 0 Å². The van der Waals surface area contributed by atoms with Crippen LogP contribution in [0.5, 0.6) is 0 Å². The number of carbonyl (C=O) groups is 1. The Kier molecular flexibility index (Phi) is 4.15. The first-order valence-electron chi connectivity index (χ1n) is 7.99. The number of benzene rings is 1. The van der Waals surface area contributed by atoms with Gasteiger partial charge in [-0.05, 0) is 37.0 Å². The van der Waals surface area contributed by atoms with Crippen LogP contribution in [0.4, 0.5) is 5.69 Å². The van der Waals surface area contributed by atoms with Gasteiger partial charge in [-0.1, -0.05) is 12.1 Å². The molecule has 1 fully saturated rings. The monoisotopic (exact) mass is 287 g/mol. The molecule has 0 radical (unpaired) electrons. The van der Waals surface area contributed by atoms with Crippen molar-refractivity contribution in [3.8, 4) is 0 Å². The zero-order chi connectivity index (χ0) is 14.8. The fourth-order valence-corrected chi connectivity index (χ4v) is 3.43. The molecule has 0 aromatic heterocycles. The first kappa shape index (κ1) is 14.4. The van der Waals surface area contributed by atoms with Crippen molar-refractivity contribution < 1.29 is 4.79 Å². The highest BCUT2D eigenvalue weighted by molar-refractivity contribution is 5.73. The molecule has 1 atom stereocenters. The zero-order valence-electron chi connectivity index (χ0n) is 13.1. The molecule has 1 saturated heterocycles. The highest BCUT2D eigenvalue weighted by Gasteiger charge is 2.22. The molecule has 0 spiro atoms. The van der Waals surface area contributed by atoms with Crippen LogP contribution < -0.4 is 5.32 Å². The van der Waals surface area contributed by atoms with E-state index in [1.165, 1.54) is 16.8 Å². The van der Waals surface area contributed by atoms with Crippen LogP contribution in [0.1, 0.15) is 25.0 Å². The molecule has 114 valence electrons. The predicted molar refractivity (Wildman–Crippen MR) is 85.6 cm³/mol. The third-order valence-electron chi connectivity index (χ3n) is 4.79. The summed E-state index contributed by atoms with van der Waals surface area (Å²) in [6.07, 6.45) is 2.24. The van der Waals surface area contributed by atoms with Crippen LogP contribution in [0.3, 0.4) is 0 Å². The number of nitrogens with one attached hydrogen (secondary N) is 1. The van der Waals surface area contributed by atoms with Gasteiger partial charge in [0.15, 0.2) is 0 Å². The van der Waals surface area contributed by atoms with E-state index in [0.29, 0.717) is 6.04 Å². The summed E-state index contributed by atoms with van der Waals surface area (Å²) in [4.78, 5) is 15.8. The second-order valence-electron chi connectivity index (χ2n) is 6.26. The molecule has 2 aliphatic rings. The molecule has 2 heterocycles. The fraction of sp³-hybridized carbons (Fsp3) is 0.588. The molecule has 0 saturated carbocycles. The van der Waals surface area contributed by atoms with Crippen molar-refractivity contribution in [2.75, 3.05) is 38.0 Å². The van der Waals surface area contributed by atoms with Crippen LogP contribution in [0.2, 0.25) is 0 Å². The lowest BCUT2D eigenvalue weighted by Crippen LogP contribution is -2.51. The van der Waals surface area contributed by atoms with Crippen molar-refractivity contribution >= 4 is 11.6 Å². The average Bonchev–Trinajstić information content (AvgIpc) is 2.95. The molecule has 0 bridgehead atoms. The molecule has 3 rings (SSSR count). The van der Waals surface area contributed by atoms with Gasteiger partial charge in [-0.25, -0.2) is 0 Å². The van der Waals surface area contributed by atoms with E-state index in [0.717, 1.165) is 45.6 Å². The number of hydrogen-bond donors (Lipinski definition) is 1. The van der Waals surface area contributed by atoms with Crippen molar-refractivity contribution in [1.82, 2.24) is 9.80 Å². The summed E-state index contributed by atoms with van der Waals surface area (Å²) < 4.78 is 0. The maximum Gasteiger partial charge on any atom is 0.219 e. The second-order valence-corrected chi connectivity index (χ2v) is 6.26. The van der Waals surface area contributed by atoms with Crippen molar-refractivity contribution in [2.24, 2.45) is 0 Å². The number of carbonyl (C=O) groups excluding carboxylic acids is 1. The number of fused-ring (bicyclic) bond motifs is 1. The quantitative estimate of drug-likeness (QED) is 0.920. The lowest BCUT2D eigenvalue weighted by Gasteiger charge is -2.37. The molecule has 0 aliphatic carbocycles. The Labute approximate surface area is 127 Å². The van der Waals surface area contributed by atoms with Gasteiger partial charge in [0, 0.05) is 51.4 Å². The Hall–Kier alpha value is -1.55. The molecule has 4 nitrogen and oxygen atoms in total. The minimum Gasteiger partial charge on any atom is -0.384 e. The van der Waals surface area contributed by atoms with E-state index in [-0.39, 0.29) is 5.91 Å². The van der Waals surface area contributed by atoms with Crippen LogP contribution in [-0.2, 0) is 17.6 Å². The lowest BCUT2D eigenvalue weighted by molar-refractivity contribution is -0.130. The van der Waals surface area contributed by atoms with Crippen molar-refractivity contribution in [3.63, 3.8) is 0 Å². The number of hydrogen-bond acceptors (Lipinski definition) is 3. The van der Waals surface area contributed by atoms with Gasteiger partial charge in [-0.15, -0.1) is 0 Å².